The van der Waals surface area contributed by atoms with Crippen molar-refractivity contribution in [3.8, 4) is 11.5 Å². The zero-order valence-electron chi connectivity index (χ0n) is 16.9. The second-order valence-corrected chi connectivity index (χ2v) is 8.20. The summed E-state index contributed by atoms with van der Waals surface area (Å²) in [6.45, 7) is 3.75. The van der Waals surface area contributed by atoms with Crippen LogP contribution >= 0.6 is 0 Å². The molecule has 0 aliphatic carbocycles. The van der Waals surface area contributed by atoms with Crippen molar-refractivity contribution in [1.82, 2.24) is 9.73 Å². The first kappa shape index (κ1) is 22.4. The number of benzene rings is 2. The van der Waals surface area contributed by atoms with Crippen LogP contribution in [-0.2, 0) is 14.8 Å². The molecule has 0 heterocycles. The van der Waals surface area contributed by atoms with E-state index in [4.69, 9.17) is 9.47 Å². The largest absolute Gasteiger partial charge is 0.496 e. The molecule has 0 spiro atoms. The number of hydrazone groups is 1. The van der Waals surface area contributed by atoms with E-state index in [0.717, 1.165) is 4.31 Å². The smallest absolute Gasteiger partial charge is 0.255 e. The number of carbonyl (C=O) groups is 1. The Bertz CT molecular complexity index is 989. The minimum absolute atomic E-state index is 0.0836. The third-order valence-electron chi connectivity index (χ3n) is 4.05. The molecule has 2 rings (SSSR count). The van der Waals surface area contributed by atoms with Gasteiger partial charge in [-0.2, -0.15) is 9.41 Å². The summed E-state index contributed by atoms with van der Waals surface area (Å²) in [5.41, 5.74) is 3.72. The lowest BCUT2D eigenvalue weighted by atomic mass is 10.2. The van der Waals surface area contributed by atoms with Crippen molar-refractivity contribution in [1.29, 1.82) is 0 Å². The van der Waals surface area contributed by atoms with Crippen molar-refractivity contribution in [2.75, 3.05) is 27.3 Å². The average molecular weight is 420 g/mol. The zero-order valence-corrected chi connectivity index (χ0v) is 17.7. The van der Waals surface area contributed by atoms with Crippen LogP contribution in [0, 0.1) is 6.92 Å². The molecule has 0 saturated heterocycles. The van der Waals surface area contributed by atoms with Gasteiger partial charge in [-0.3, -0.25) is 4.79 Å². The first-order chi connectivity index (χ1) is 13.8. The summed E-state index contributed by atoms with van der Waals surface area (Å²) in [6, 6.07) is 11.8. The molecule has 9 heteroatoms. The molecule has 1 amide bonds. The standard InChI is InChI=1S/C20H25N3O5S/c1-5-28-19-9-7-6-8-16(19)13-21-22-20(24)14-23(3)29(25,26)17-10-11-18(27-4)15(2)12-17/h6-13H,5,14H2,1-4H3,(H,22,24)/b21-13+. The SMILES string of the molecule is CCOc1ccccc1/C=N/NC(=O)CN(C)S(=O)(=O)c1ccc(OC)c(C)c1. The zero-order chi connectivity index (χ0) is 21.4. The highest BCUT2D eigenvalue weighted by Gasteiger charge is 2.23. The first-order valence-corrected chi connectivity index (χ1v) is 10.4. The van der Waals surface area contributed by atoms with Crippen LogP contribution in [0.4, 0.5) is 0 Å². The highest BCUT2D eigenvalue weighted by atomic mass is 32.2. The minimum Gasteiger partial charge on any atom is -0.496 e. The second-order valence-electron chi connectivity index (χ2n) is 6.16. The number of likely N-dealkylation sites (N-methyl/N-ethyl adjacent to an activating group) is 1. The molecule has 2 aromatic rings. The molecule has 0 bridgehead atoms. The molecule has 156 valence electrons. The van der Waals surface area contributed by atoms with Crippen LogP contribution in [0.3, 0.4) is 0 Å². The number of hydrogen-bond acceptors (Lipinski definition) is 6. The minimum atomic E-state index is -3.83. The number of aryl methyl sites for hydroxylation is 1. The summed E-state index contributed by atoms with van der Waals surface area (Å²) < 4.78 is 37.0. The molecule has 0 aliphatic rings. The second kappa shape index (κ2) is 10.0. The number of nitrogens with zero attached hydrogens (tertiary/aromatic N) is 2. The van der Waals surface area contributed by atoms with Gasteiger partial charge in [0.25, 0.3) is 5.91 Å². The van der Waals surface area contributed by atoms with Gasteiger partial charge in [0, 0.05) is 12.6 Å². The molecular weight excluding hydrogens is 394 g/mol. The number of ether oxygens (including phenoxy) is 2. The van der Waals surface area contributed by atoms with E-state index in [9.17, 15) is 13.2 Å². The van der Waals surface area contributed by atoms with Crippen molar-refractivity contribution in [2.45, 2.75) is 18.7 Å². The third kappa shape index (κ3) is 5.78. The fourth-order valence-electron chi connectivity index (χ4n) is 2.56. The van der Waals surface area contributed by atoms with E-state index in [1.165, 1.54) is 32.5 Å². The highest BCUT2D eigenvalue weighted by Crippen LogP contribution is 2.23. The summed E-state index contributed by atoms with van der Waals surface area (Å²) >= 11 is 0. The van der Waals surface area contributed by atoms with E-state index in [1.807, 2.05) is 19.1 Å². The van der Waals surface area contributed by atoms with Gasteiger partial charge >= 0.3 is 0 Å². The first-order valence-electron chi connectivity index (χ1n) is 8.94. The van der Waals surface area contributed by atoms with Gasteiger partial charge < -0.3 is 9.47 Å². The predicted molar refractivity (Wildman–Crippen MR) is 111 cm³/mol. The summed E-state index contributed by atoms with van der Waals surface area (Å²) in [6.07, 6.45) is 1.45. The Labute approximate surface area is 171 Å². The van der Waals surface area contributed by atoms with Crippen LogP contribution in [0.15, 0.2) is 52.5 Å². The van der Waals surface area contributed by atoms with E-state index in [-0.39, 0.29) is 11.4 Å². The van der Waals surface area contributed by atoms with Gasteiger partial charge in [0.2, 0.25) is 10.0 Å². The summed E-state index contributed by atoms with van der Waals surface area (Å²) in [5.74, 6) is 0.667. The van der Waals surface area contributed by atoms with E-state index >= 15 is 0 Å². The number of methoxy groups -OCH3 is 1. The summed E-state index contributed by atoms with van der Waals surface area (Å²) in [7, 11) is -0.978. The van der Waals surface area contributed by atoms with Gasteiger partial charge in [-0.1, -0.05) is 12.1 Å². The van der Waals surface area contributed by atoms with Crippen molar-refractivity contribution in [3.63, 3.8) is 0 Å². The highest BCUT2D eigenvalue weighted by molar-refractivity contribution is 7.89. The molecule has 0 radical (unpaired) electrons. The third-order valence-corrected chi connectivity index (χ3v) is 5.85. The van der Waals surface area contributed by atoms with Crippen LogP contribution in [0.5, 0.6) is 11.5 Å². The van der Waals surface area contributed by atoms with Crippen LogP contribution in [-0.4, -0.2) is 52.2 Å². The lowest BCUT2D eigenvalue weighted by Gasteiger charge is -2.17. The van der Waals surface area contributed by atoms with E-state index in [1.54, 1.807) is 25.1 Å². The molecule has 2 aromatic carbocycles. The van der Waals surface area contributed by atoms with Gasteiger partial charge in [-0.05, 0) is 49.7 Å². The van der Waals surface area contributed by atoms with Crippen molar-refractivity contribution >= 4 is 22.1 Å². The Morgan fingerprint density at radius 2 is 1.93 bits per heavy atom. The Kier molecular flexibility index (Phi) is 7.74. The maximum atomic E-state index is 12.7. The van der Waals surface area contributed by atoms with Crippen molar-refractivity contribution in [3.05, 3.63) is 53.6 Å². The molecule has 1 N–H and O–H groups in total. The summed E-state index contributed by atoms with van der Waals surface area (Å²) in [5, 5.41) is 3.89. The van der Waals surface area contributed by atoms with Gasteiger partial charge in [-0.15, -0.1) is 0 Å². The normalized spacial score (nSPS) is 11.6. The van der Waals surface area contributed by atoms with Crippen LogP contribution in [0.2, 0.25) is 0 Å². The topological polar surface area (TPSA) is 97.3 Å². The van der Waals surface area contributed by atoms with Crippen molar-refractivity contribution < 1.29 is 22.7 Å². The fourth-order valence-corrected chi connectivity index (χ4v) is 3.77. The molecule has 0 aliphatic heterocycles. The summed E-state index contributed by atoms with van der Waals surface area (Å²) in [4.78, 5) is 12.2. The number of sulfonamides is 1. The molecule has 29 heavy (non-hydrogen) atoms. The maximum Gasteiger partial charge on any atom is 0.255 e. The molecule has 8 nitrogen and oxygen atoms in total. The van der Waals surface area contributed by atoms with E-state index in [0.29, 0.717) is 29.2 Å². The molecular formula is C20H25N3O5S. The monoisotopic (exact) mass is 419 g/mol. The van der Waals surface area contributed by atoms with Gasteiger partial charge in [0.15, 0.2) is 0 Å². The Morgan fingerprint density at radius 1 is 1.21 bits per heavy atom. The molecule has 0 unspecified atom stereocenters. The fraction of sp³-hybridized carbons (Fsp3) is 0.300. The lowest BCUT2D eigenvalue weighted by Crippen LogP contribution is -2.36. The van der Waals surface area contributed by atoms with Gasteiger partial charge in [-0.25, -0.2) is 13.8 Å². The Balaban J connectivity index is 2.02. The number of para-hydroxylation sites is 1. The van der Waals surface area contributed by atoms with E-state index < -0.39 is 15.9 Å². The Hall–Kier alpha value is -2.91. The van der Waals surface area contributed by atoms with Gasteiger partial charge in [0.1, 0.15) is 11.5 Å². The predicted octanol–water partition coefficient (Wildman–Crippen LogP) is 2.17. The number of amides is 1. The average Bonchev–Trinajstić information content (AvgIpc) is 2.69. The number of hydrogen-bond donors (Lipinski definition) is 1. The molecule has 0 saturated carbocycles. The van der Waals surface area contributed by atoms with Gasteiger partial charge in [0.05, 0.1) is 31.4 Å². The van der Waals surface area contributed by atoms with Crippen LogP contribution in [0.1, 0.15) is 18.1 Å². The van der Waals surface area contributed by atoms with E-state index in [2.05, 4.69) is 10.5 Å². The Morgan fingerprint density at radius 3 is 2.59 bits per heavy atom. The van der Waals surface area contributed by atoms with Crippen molar-refractivity contribution in [2.24, 2.45) is 5.10 Å². The number of carbonyl (C=O) groups excluding carboxylic acids is 1. The molecule has 0 atom stereocenters. The number of nitrogens with one attached hydrogen (secondary N) is 1. The number of rotatable bonds is 9. The van der Waals surface area contributed by atoms with Crippen LogP contribution in [0.25, 0.3) is 0 Å². The van der Waals surface area contributed by atoms with Crippen LogP contribution < -0.4 is 14.9 Å². The molecule has 0 fully saturated rings. The maximum absolute atomic E-state index is 12.7. The lowest BCUT2D eigenvalue weighted by molar-refractivity contribution is -0.121. The quantitative estimate of drug-likeness (QED) is 0.496. The molecule has 0 aromatic heterocycles.